The molecule has 3 aromatic carbocycles. The van der Waals surface area contributed by atoms with E-state index >= 15 is 0 Å². The summed E-state index contributed by atoms with van der Waals surface area (Å²) in [5.41, 5.74) is 7.32. The fraction of sp³-hybridized carbons (Fsp3) is 0.357. The van der Waals surface area contributed by atoms with E-state index in [0.29, 0.717) is 34.4 Å². The lowest BCUT2D eigenvalue weighted by Gasteiger charge is -2.38. The van der Waals surface area contributed by atoms with E-state index in [0.717, 1.165) is 16.5 Å². The molecule has 0 spiro atoms. The van der Waals surface area contributed by atoms with Crippen molar-refractivity contribution in [3.63, 3.8) is 0 Å². The molecule has 0 aliphatic rings. The van der Waals surface area contributed by atoms with Crippen LogP contribution in [-0.4, -0.2) is 8.07 Å². The van der Waals surface area contributed by atoms with Gasteiger partial charge in [0.15, 0.2) is 0 Å². The van der Waals surface area contributed by atoms with Crippen LogP contribution in [0.2, 0.25) is 16.6 Å². The summed E-state index contributed by atoms with van der Waals surface area (Å²) in [5, 5.41) is 1.33. The van der Waals surface area contributed by atoms with Gasteiger partial charge in [0.25, 0.3) is 0 Å². The first-order chi connectivity index (χ1) is 14.8. The van der Waals surface area contributed by atoms with Crippen molar-refractivity contribution in [3.8, 4) is 17.2 Å². The zero-order valence-electron chi connectivity index (χ0n) is 19.5. The summed E-state index contributed by atoms with van der Waals surface area (Å²) >= 11 is 0. The number of fused-ring (bicyclic) bond motifs is 1. The van der Waals surface area contributed by atoms with Crippen LogP contribution in [0.25, 0.3) is 10.8 Å². The normalized spacial score (nSPS) is 11.8. The highest BCUT2D eigenvalue weighted by molar-refractivity contribution is 6.90. The Labute approximate surface area is 187 Å². The van der Waals surface area contributed by atoms with Crippen molar-refractivity contribution in [1.82, 2.24) is 0 Å². The van der Waals surface area contributed by atoms with Gasteiger partial charge in [0.1, 0.15) is 26.2 Å². The van der Waals surface area contributed by atoms with E-state index in [1.807, 2.05) is 48.5 Å². The van der Waals surface area contributed by atoms with E-state index in [1.165, 1.54) is 6.07 Å². The van der Waals surface area contributed by atoms with E-state index in [9.17, 15) is 4.39 Å². The van der Waals surface area contributed by atoms with E-state index in [1.54, 1.807) is 6.07 Å². The molecule has 3 aromatic rings. The lowest BCUT2D eigenvalue weighted by Crippen LogP contribution is -2.43. The van der Waals surface area contributed by atoms with Gasteiger partial charge in [0, 0.05) is 16.3 Å². The molecule has 0 saturated heterocycles. The number of halogens is 1. The summed E-state index contributed by atoms with van der Waals surface area (Å²) in [6.45, 7) is 14.3. The highest BCUT2D eigenvalue weighted by atomic mass is 28.3. The van der Waals surface area contributed by atoms with Crippen molar-refractivity contribution in [2.45, 2.75) is 64.8 Å². The molecule has 0 unspecified atom stereocenters. The molecule has 0 fully saturated rings. The SMILES string of the molecule is CC(C)[Si](C#Cc1cccc2c(F)ccc(OCc3ccccc3)c12)(C(C)C)C(C)C. The molecule has 0 aliphatic carbocycles. The van der Waals surface area contributed by atoms with Crippen molar-refractivity contribution in [1.29, 1.82) is 0 Å². The van der Waals surface area contributed by atoms with Gasteiger partial charge in [0.2, 0.25) is 0 Å². The molecule has 31 heavy (non-hydrogen) atoms. The second-order valence-electron chi connectivity index (χ2n) is 9.20. The zero-order valence-corrected chi connectivity index (χ0v) is 20.5. The Morgan fingerprint density at radius 3 is 2.06 bits per heavy atom. The van der Waals surface area contributed by atoms with Crippen molar-refractivity contribution in [2.75, 3.05) is 0 Å². The smallest absolute Gasteiger partial charge is 0.146 e. The van der Waals surface area contributed by atoms with Crippen LogP contribution in [0.4, 0.5) is 4.39 Å². The quantitative estimate of drug-likeness (QED) is 0.282. The minimum atomic E-state index is -1.90. The molecule has 3 rings (SSSR count). The number of hydrogen-bond donors (Lipinski definition) is 0. The van der Waals surface area contributed by atoms with Gasteiger partial charge in [0.05, 0.1) is 0 Å². The van der Waals surface area contributed by atoms with Crippen LogP contribution in [0.3, 0.4) is 0 Å². The summed E-state index contributed by atoms with van der Waals surface area (Å²) < 4.78 is 20.8. The summed E-state index contributed by atoms with van der Waals surface area (Å²) in [5.74, 6) is 3.94. The van der Waals surface area contributed by atoms with E-state index in [4.69, 9.17) is 4.74 Å². The first-order valence-electron chi connectivity index (χ1n) is 11.2. The van der Waals surface area contributed by atoms with E-state index in [-0.39, 0.29) is 5.82 Å². The van der Waals surface area contributed by atoms with Crippen molar-refractivity contribution >= 4 is 18.8 Å². The van der Waals surface area contributed by atoms with Crippen LogP contribution in [0, 0.1) is 17.3 Å². The largest absolute Gasteiger partial charge is 0.488 e. The lowest BCUT2D eigenvalue weighted by atomic mass is 10.0. The Morgan fingerprint density at radius 2 is 1.45 bits per heavy atom. The predicted molar refractivity (Wildman–Crippen MR) is 133 cm³/mol. The van der Waals surface area contributed by atoms with Crippen LogP contribution in [0.1, 0.15) is 52.7 Å². The minimum absolute atomic E-state index is 0.245. The summed E-state index contributed by atoms with van der Waals surface area (Å²) in [6.07, 6.45) is 0. The number of hydrogen-bond acceptors (Lipinski definition) is 1. The minimum Gasteiger partial charge on any atom is -0.488 e. The molecule has 0 radical (unpaired) electrons. The Balaban J connectivity index is 2.12. The molecule has 0 aliphatic heterocycles. The van der Waals surface area contributed by atoms with Gasteiger partial charge in [-0.15, -0.1) is 5.54 Å². The second-order valence-corrected chi connectivity index (χ2v) is 14.8. The molecule has 0 heterocycles. The molecule has 0 aromatic heterocycles. The van der Waals surface area contributed by atoms with Crippen LogP contribution in [-0.2, 0) is 6.61 Å². The molecular formula is C28H33FOSi. The maximum atomic E-state index is 14.7. The van der Waals surface area contributed by atoms with E-state index < -0.39 is 8.07 Å². The van der Waals surface area contributed by atoms with Crippen molar-refractivity contribution < 1.29 is 9.13 Å². The van der Waals surface area contributed by atoms with Gasteiger partial charge >= 0.3 is 0 Å². The molecule has 0 saturated carbocycles. The van der Waals surface area contributed by atoms with Crippen LogP contribution in [0.5, 0.6) is 5.75 Å². The lowest BCUT2D eigenvalue weighted by molar-refractivity contribution is 0.309. The monoisotopic (exact) mass is 432 g/mol. The number of rotatable bonds is 6. The number of ether oxygens (including phenoxy) is 1. The third-order valence-electron chi connectivity index (χ3n) is 6.47. The first-order valence-corrected chi connectivity index (χ1v) is 13.4. The Hall–Kier alpha value is -2.57. The highest BCUT2D eigenvalue weighted by Crippen LogP contribution is 2.41. The van der Waals surface area contributed by atoms with Gasteiger partial charge in [-0.3, -0.25) is 0 Å². The third kappa shape index (κ3) is 4.70. The van der Waals surface area contributed by atoms with E-state index in [2.05, 4.69) is 53.0 Å². The molecule has 0 atom stereocenters. The van der Waals surface area contributed by atoms with Crippen LogP contribution in [0.15, 0.2) is 60.7 Å². The number of benzene rings is 3. The van der Waals surface area contributed by atoms with Gasteiger partial charge in [-0.25, -0.2) is 4.39 Å². The molecule has 162 valence electrons. The highest BCUT2D eigenvalue weighted by Gasteiger charge is 2.41. The molecular weight excluding hydrogens is 399 g/mol. The zero-order chi connectivity index (χ0) is 22.6. The average molecular weight is 433 g/mol. The van der Waals surface area contributed by atoms with Crippen molar-refractivity contribution in [2.24, 2.45) is 0 Å². The maximum absolute atomic E-state index is 14.7. The third-order valence-corrected chi connectivity index (χ3v) is 12.8. The van der Waals surface area contributed by atoms with Gasteiger partial charge in [-0.1, -0.05) is 89.9 Å². The fourth-order valence-corrected chi connectivity index (χ4v) is 10.1. The standard InChI is InChI=1S/C28H33FOSi/c1-20(2)31(21(3)4,22(5)6)18-17-24-13-10-14-25-26(29)15-16-27(28(24)25)30-19-23-11-8-7-9-12-23/h7-16,20-22H,19H2,1-6H3. The topological polar surface area (TPSA) is 9.23 Å². The summed E-state index contributed by atoms with van der Waals surface area (Å²) in [7, 11) is -1.90. The van der Waals surface area contributed by atoms with Crippen LogP contribution < -0.4 is 4.74 Å². The molecule has 0 amide bonds. The molecule has 0 N–H and O–H groups in total. The Kier molecular flexibility index (Phi) is 7.23. The maximum Gasteiger partial charge on any atom is 0.146 e. The molecule has 0 bridgehead atoms. The Bertz CT molecular complexity index is 1070. The average Bonchev–Trinajstić information content (AvgIpc) is 2.74. The van der Waals surface area contributed by atoms with Gasteiger partial charge in [-0.2, -0.15) is 0 Å². The summed E-state index contributed by atoms with van der Waals surface area (Å²) in [6, 6.07) is 18.9. The fourth-order valence-electron chi connectivity index (χ4n) is 4.91. The molecule has 3 heteroatoms. The molecule has 1 nitrogen and oxygen atoms in total. The van der Waals surface area contributed by atoms with Gasteiger partial charge in [-0.05, 0) is 40.4 Å². The predicted octanol–water partition coefficient (Wildman–Crippen LogP) is 8.13. The second kappa shape index (κ2) is 9.70. The van der Waals surface area contributed by atoms with Crippen molar-refractivity contribution in [3.05, 3.63) is 77.6 Å². The Morgan fingerprint density at radius 1 is 0.806 bits per heavy atom. The summed E-state index contributed by atoms with van der Waals surface area (Å²) in [4.78, 5) is 0. The van der Waals surface area contributed by atoms with Gasteiger partial charge < -0.3 is 4.74 Å². The van der Waals surface area contributed by atoms with Crippen LogP contribution >= 0.6 is 0 Å². The first kappa shape index (κ1) is 23.1.